The second-order valence-corrected chi connectivity index (χ2v) is 5.01. The lowest BCUT2D eigenvalue weighted by Gasteiger charge is -2.21. The summed E-state index contributed by atoms with van der Waals surface area (Å²) < 4.78 is 11.9. The van der Waals surface area contributed by atoms with Gasteiger partial charge in [0.05, 0.1) is 6.61 Å². The van der Waals surface area contributed by atoms with Gasteiger partial charge in [-0.25, -0.2) is 9.48 Å². The lowest BCUT2D eigenvalue weighted by atomic mass is 9.97. The maximum atomic E-state index is 11.2. The minimum absolute atomic E-state index is 0.0545. The Morgan fingerprint density at radius 2 is 2.25 bits per heavy atom. The van der Waals surface area contributed by atoms with Gasteiger partial charge in [-0.1, -0.05) is 0 Å². The van der Waals surface area contributed by atoms with E-state index in [0.29, 0.717) is 18.2 Å². The molecule has 1 aliphatic rings. The molecule has 0 saturated carbocycles. The maximum Gasteiger partial charge on any atom is 0.341 e. The SMILES string of the molecule is COCc1nn(CCC2CCOCC2)c(N)c1C(=O)O. The Bertz CT molecular complexity index is 466. The number of carboxylic acid groups (broad SMARTS) is 1. The van der Waals surface area contributed by atoms with E-state index in [9.17, 15) is 9.90 Å². The molecular formula is C13H21N3O4. The molecule has 0 unspecified atom stereocenters. The van der Waals surface area contributed by atoms with Crippen LogP contribution in [-0.4, -0.2) is 41.2 Å². The lowest BCUT2D eigenvalue weighted by molar-refractivity contribution is 0.0623. The van der Waals surface area contributed by atoms with Crippen molar-refractivity contribution in [2.45, 2.75) is 32.4 Å². The minimum Gasteiger partial charge on any atom is -0.477 e. The zero-order chi connectivity index (χ0) is 14.5. The van der Waals surface area contributed by atoms with Crippen LogP contribution in [0.1, 0.15) is 35.3 Å². The number of nitrogens with zero attached hydrogens (tertiary/aromatic N) is 2. The van der Waals surface area contributed by atoms with E-state index in [4.69, 9.17) is 15.2 Å². The normalized spacial score (nSPS) is 16.4. The smallest absolute Gasteiger partial charge is 0.341 e. The highest BCUT2D eigenvalue weighted by molar-refractivity contribution is 5.94. The molecule has 1 aromatic rings. The molecule has 1 aliphatic heterocycles. The first-order valence-electron chi connectivity index (χ1n) is 6.78. The Morgan fingerprint density at radius 3 is 2.85 bits per heavy atom. The molecular weight excluding hydrogens is 262 g/mol. The van der Waals surface area contributed by atoms with Crippen LogP contribution in [0.5, 0.6) is 0 Å². The van der Waals surface area contributed by atoms with E-state index in [1.54, 1.807) is 4.68 Å². The van der Waals surface area contributed by atoms with Crippen molar-refractivity contribution in [2.75, 3.05) is 26.1 Å². The first-order chi connectivity index (χ1) is 9.63. The second-order valence-electron chi connectivity index (χ2n) is 5.01. The number of nitrogen functional groups attached to an aromatic ring is 1. The molecule has 2 rings (SSSR count). The number of methoxy groups -OCH3 is 1. The van der Waals surface area contributed by atoms with E-state index in [2.05, 4.69) is 5.10 Å². The first-order valence-corrected chi connectivity index (χ1v) is 6.78. The predicted molar refractivity (Wildman–Crippen MR) is 72.5 cm³/mol. The van der Waals surface area contributed by atoms with Crippen LogP contribution < -0.4 is 5.73 Å². The van der Waals surface area contributed by atoms with Crippen LogP contribution in [0, 0.1) is 5.92 Å². The predicted octanol–water partition coefficient (Wildman–Crippen LogP) is 1.13. The fourth-order valence-corrected chi connectivity index (χ4v) is 2.51. The average molecular weight is 283 g/mol. The van der Waals surface area contributed by atoms with Gasteiger partial charge in [0, 0.05) is 26.9 Å². The van der Waals surface area contributed by atoms with Crippen molar-refractivity contribution in [2.24, 2.45) is 5.92 Å². The van der Waals surface area contributed by atoms with E-state index in [0.717, 1.165) is 32.5 Å². The molecule has 20 heavy (non-hydrogen) atoms. The lowest BCUT2D eigenvalue weighted by Crippen LogP contribution is -2.18. The van der Waals surface area contributed by atoms with Gasteiger partial charge in [0.1, 0.15) is 17.1 Å². The van der Waals surface area contributed by atoms with E-state index in [1.807, 2.05) is 0 Å². The van der Waals surface area contributed by atoms with Gasteiger partial charge in [0.15, 0.2) is 0 Å². The average Bonchev–Trinajstić information content (AvgIpc) is 2.74. The van der Waals surface area contributed by atoms with Gasteiger partial charge in [-0.05, 0) is 25.2 Å². The molecule has 0 aliphatic carbocycles. The van der Waals surface area contributed by atoms with Crippen LogP contribution in [0.3, 0.4) is 0 Å². The third kappa shape index (κ3) is 3.29. The monoisotopic (exact) mass is 283 g/mol. The fraction of sp³-hybridized carbons (Fsp3) is 0.692. The van der Waals surface area contributed by atoms with Crippen molar-refractivity contribution >= 4 is 11.8 Å². The largest absolute Gasteiger partial charge is 0.477 e. The molecule has 3 N–H and O–H groups in total. The van der Waals surface area contributed by atoms with Crippen molar-refractivity contribution in [3.8, 4) is 0 Å². The number of aryl methyl sites for hydroxylation is 1. The number of aromatic nitrogens is 2. The van der Waals surface area contributed by atoms with Gasteiger partial charge in [0.25, 0.3) is 0 Å². The Labute approximate surface area is 117 Å². The molecule has 112 valence electrons. The highest BCUT2D eigenvalue weighted by Gasteiger charge is 2.22. The summed E-state index contributed by atoms with van der Waals surface area (Å²) in [6.45, 7) is 2.37. The molecule has 0 spiro atoms. The summed E-state index contributed by atoms with van der Waals surface area (Å²) in [5.74, 6) is -0.269. The Morgan fingerprint density at radius 1 is 1.55 bits per heavy atom. The van der Waals surface area contributed by atoms with Gasteiger partial charge in [-0.2, -0.15) is 5.10 Å². The quantitative estimate of drug-likeness (QED) is 0.811. The maximum absolute atomic E-state index is 11.2. The Balaban J connectivity index is 2.07. The summed E-state index contributed by atoms with van der Waals surface area (Å²) in [4.78, 5) is 11.2. The summed E-state index contributed by atoms with van der Waals surface area (Å²) in [7, 11) is 1.50. The molecule has 1 fully saturated rings. The molecule has 2 heterocycles. The first kappa shape index (κ1) is 14.8. The van der Waals surface area contributed by atoms with Crippen LogP contribution in [0.4, 0.5) is 5.82 Å². The van der Waals surface area contributed by atoms with Crippen molar-refractivity contribution in [3.05, 3.63) is 11.3 Å². The highest BCUT2D eigenvalue weighted by Crippen LogP contribution is 2.22. The third-order valence-corrected chi connectivity index (χ3v) is 3.65. The summed E-state index contributed by atoms with van der Waals surface area (Å²) in [6.07, 6.45) is 3.01. The van der Waals surface area contributed by atoms with Gasteiger partial charge < -0.3 is 20.3 Å². The molecule has 7 heteroatoms. The molecule has 0 radical (unpaired) electrons. The standard InChI is InChI=1S/C13H21N3O4/c1-19-8-10-11(13(17)18)12(14)16(15-10)5-2-9-3-6-20-7-4-9/h9H,2-8,14H2,1H3,(H,17,18). The summed E-state index contributed by atoms with van der Waals surface area (Å²) in [5.41, 5.74) is 6.32. The topological polar surface area (TPSA) is 99.6 Å². The molecule has 0 atom stereocenters. The number of nitrogens with two attached hydrogens (primary N) is 1. The molecule has 0 amide bonds. The number of anilines is 1. The number of aromatic carboxylic acids is 1. The van der Waals surface area contributed by atoms with Gasteiger partial charge in [-0.3, -0.25) is 0 Å². The van der Waals surface area contributed by atoms with Crippen LogP contribution in [0.15, 0.2) is 0 Å². The van der Waals surface area contributed by atoms with Gasteiger partial charge >= 0.3 is 5.97 Å². The van der Waals surface area contributed by atoms with Crippen LogP contribution in [0.2, 0.25) is 0 Å². The number of hydrogen-bond donors (Lipinski definition) is 2. The Hall–Kier alpha value is -1.60. The molecule has 1 saturated heterocycles. The molecule has 0 bridgehead atoms. The summed E-state index contributed by atoms with van der Waals surface area (Å²) in [6, 6.07) is 0. The number of carboxylic acids is 1. The summed E-state index contributed by atoms with van der Waals surface area (Å²) >= 11 is 0. The van der Waals surface area contributed by atoms with Gasteiger partial charge in [0.2, 0.25) is 0 Å². The zero-order valence-corrected chi connectivity index (χ0v) is 11.7. The number of hydrogen-bond acceptors (Lipinski definition) is 5. The van der Waals surface area contributed by atoms with E-state index >= 15 is 0 Å². The Kier molecular flexibility index (Phi) is 4.97. The number of carbonyl (C=O) groups is 1. The van der Waals surface area contributed by atoms with Crippen molar-refractivity contribution in [3.63, 3.8) is 0 Å². The number of rotatable bonds is 6. The summed E-state index contributed by atoms with van der Waals surface area (Å²) in [5, 5.41) is 13.5. The van der Waals surface area contributed by atoms with Crippen molar-refractivity contribution in [1.82, 2.24) is 9.78 Å². The third-order valence-electron chi connectivity index (χ3n) is 3.65. The zero-order valence-electron chi connectivity index (χ0n) is 11.7. The van der Waals surface area contributed by atoms with Crippen LogP contribution in [-0.2, 0) is 22.6 Å². The van der Waals surface area contributed by atoms with E-state index < -0.39 is 5.97 Å². The van der Waals surface area contributed by atoms with Crippen molar-refractivity contribution in [1.29, 1.82) is 0 Å². The van der Waals surface area contributed by atoms with E-state index in [1.165, 1.54) is 7.11 Å². The van der Waals surface area contributed by atoms with Crippen LogP contribution >= 0.6 is 0 Å². The molecule has 7 nitrogen and oxygen atoms in total. The second kappa shape index (κ2) is 6.71. The molecule has 1 aromatic heterocycles. The number of ether oxygens (including phenoxy) is 2. The van der Waals surface area contributed by atoms with Crippen molar-refractivity contribution < 1.29 is 19.4 Å². The van der Waals surface area contributed by atoms with Gasteiger partial charge in [-0.15, -0.1) is 0 Å². The molecule has 0 aromatic carbocycles. The fourth-order valence-electron chi connectivity index (χ4n) is 2.51. The van der Waals surface area contributed by atoms with E-state index in [-0.39, 0.29) is 18.0 Å². The van der Waals surface area contributed by atoms with Crippen LogP contribution in [0.25, 0.3) is 0 Å². The minimum atomic E-state index is -1.06. The highest BCUT2D eigenvalue weighted by atomic mass is 16.5.